The lowest BCUT2D eigenvalue weighted by molar-refractivity contribution is 0.220. The minimum absolute atomic E-state index is 0.258. The van der Waals surface area contributed by atoms with Crippen LogP contribution in [0.1, 0.15) is 43.0 Å². The second-order valence-electron chi connectivity index (χ2n) is 10.7. The molecule has 2 aliphatic rings. The summed E-state index contributed by atoms with van der Waals surface area (Å²) in [6.45, 7) is 5.33. The van der Waals surface area contributed by atoms with E-state index < -0.39 is 0 Å². The van der Waals surface area contributed by atoms with E-state index in [0.717, 1.165) is 81.4 Å². The molecular weight excluding hydrogens is 501 g/mol. The molecule has 0 atom stereocenters. The van der Waals surface area contributed by atoms with Crippen LogP contribution in [0.3, 0.4) is 0 Å². The fourth-order valence-corrected chi connectivity index (χ4v) is 5.83. The Balaban J connectivity index is 1.21. The highest BCUT2D eigenvalue weighted by atomic mass is 19.1. The van der Waals surface area contributed by atoms with Gasteiger partial charge in [-0.2, -0.15) is 5.10 Å². The van der Waals surface area contributed by atoms with E-state index in [0.29, 0.717) is 6.42 Å². The van der Waals surface area contributed by atoms with Gasteiger partial charge in [0.1, 0.15) is 17.0 Å². The predicted octanol–water partition coefficient (Wildman–Crippen LogP) is 6.61. The van der Waals surface area contributed by atoms with Crippen molar-refractivity contribution in [3.63, 3.8) is 0 Å². The van der Waals surface area contributed by atoms with Crippen molar-refractivity contribution in [3.05, 3.63) is 95.3 Å². The maximum absolute atomic E-state index is 13.5. The molecule has 1 aromatic carbocycles. The summed E-state index contributed by atoms with van der Waals surface area (Å²) in [5, 5.41) is 11.4. The molecule has 1 saturated heterocycles. The Hall–Kier alpha value is -4.43. The van der Waals surface area contributed by atoms with Gasteiger partial charge in [-0.15, -0.1) is 0 Å². The molecular formula is C32H30FN7. The number of fused-ring (bicyclic) bond motifs is 2. The van der Waals surface area contributed by atoms with E-state index in [9.17, 15) is 4.39 Å². The van der Waals surface area contributed by atoms with Gasteiger partial charge in [-0.25, -0.2) is 9.37 Å². The Morgan fingerprint density at radius 1 is 0.925 bits per heavy atom. The number of anilines is 1. The summed E-state index contributed by atoms with van der Waals surface area (Å²) in [5.74, 6) is -0.258. The SMILES string of the molecule is CC1=C(c2n[nH]c3ccc(-c4cncc(CN5CCCCC5)c4)nc23)Nc2ccnc(-c3ccc(F)cc3)c2C1. The fourth-order valence-electron chi connectivity index (χ4n) is 5.83. The Morgan fingerprint density at radius 2 is 1.77 bits per heavy atom. The van der Waals surface area contributed by atoms with Gasteiger partial charge in [0.15, 0.2) is 0 Å². The van der Waals surface area contributed by atoms with Gasteiger partial charge in [0, 0.05) is 47.5 Å². The van der Waals surface area contributed by atoms with Crippen molar-refractivity contribution in [2.75, 3.05) is 18.4 Å². The molecule has 200 valence electrons. The van der Waals surface area contributed by atoms with Crippen LogP contribution in [-0.4, -0.2) is 43.1 Å². The van der Waals surface area contributed by atoms with Crippen LogP contribution in [0.2, 0.25) is 0 Å². The lowest BCUT2D eigenvalue weighted by Crippen LogP contribution is -2.29. The van der Waals surface area contributed by atoms with Crippen molar-refractivity contribution in [2.24, 2.45) is 0 Å². The standard InChI is InChI=1S/C32H30FN7/c1-20-15-25-27(11-12-35-30(25)22-5-7-24(33)8-6-22)37-29(20)32-31-28(38-39-32)10-9-26(36-31)23-16-21(17-34-18-23)19-40-13-3-2-4-14-40/h5-12,16-18,37H,2-4,13-15,19H2,1H3,(H,38,39). The number of likely N-dealkylation sites (tertiary alicyclic amines) is 1. The highest BCUT2D eigenvalue weighted by Gasteiger charge is 2.24. The van der Waals surface area contributed by atoms with Crippen molar-refractivity contribution in [1.29, 1.82) is 0 Å². The molecule has 0 aliphatic carbocycles. The van der Waals surface area contributed by atoms with Crippen molar-refractivity contribution < 1.29 is 4.39 Å². The van der Waals surface area contributed by atoms with Crippen molar-refractivity contribution in [2.45, 2.75) is 39.2 Å². The topological polar surface area (TPSA) is 82.6 Å². The molecule has 7 nitrogen and oxygen atoms in total. The summed E-state index contributed by atoms with van der Waals surface area (Å²) < 4.78 is 13.5. The number of hydrogen-bond donors (Lipinski definition) is 2. The first-order valence-corrected chi connectivity index (χ1v) is 13.8. The van der Waals surface area contributed by atoms with E-state index in [1.807, 2.05) is 30.6 Å². The first-order valence-electron chi connectivity index (χ1n) is 13.8. The van der Waals surface area contributed by atoms with Gasteiger partial charge in [-0.05, 0) is 98.9 Å². The molecule has 2 aliphatic heterocycles. The minimum Gasteiger partial charge on any atom is -0.353 e. The number of piperidine rings is 1. The normalized spacial score (nSPS) is 15.8. The van der Waals surface area contributed by atoms with Gasteiger partial charge in [0.25, 0.3) is 0 Å². The fraction of sp³-hybridized carbons (Fsp3) is 0.250. The second kappa shape index (κ2) is 10.3. The number of nitrogens with one attached hydrogen (secondary N) is 2. The Morgan fingerprint density at radius 3 is 2.62 bits per heavy atom. The summed E-state index contributed by atoms with van der Waals surface area (Å²) in [6.07, 6.45) is 10.2. The molecule has 8 heteroatoms. The molecule has 0 saturated carbocycles. The zero-order valence-corrected chi connectivity index (χ0v) is 22.4. The highest BCUT2D eigenvalue weighted by Crippen LogP contribution is 2.38. The Kier molecular flexibility index (Phi) is 6.32. The molecule has 0 amide bonds. The van der Waals surface area contributed by atoms with E-state index in [2.05, 4.69) is 43.4 Å². The van der Waals surface area contributed by atoms with Gasteiger partial charge < -0.3 is 5.32 Å². The molecule has 40 heavy (non-hydrogen) atoms. The Bertz CT molecular complexity index is 1730. The van der Waals surface area contributed by atoms with Crippen LogP contribution >= 0.6 is 0 Å². The van der Waals surface area contributed by atoms with E-state index in [4.69, 9.17) is 4.98 Å². The van der Waals surface area contributed by atoms with E-state index >= 15 is 0 Å². The predicted molar refractivity (Wildman–Crippen MR) is 156 cm³/mol. The summed E-state index contributed by atoms with van der Waals surface area (Å²) in [7, 11) is 0. The van der Waals surface area contributed by atoms with Crippen LogP contribution in [0.25, 0.3) is 39.2 Å². The highest BCUT2D eigenvalue weighted by molar-refractivity contribution is 5.94. The largest absolute Gasteiger partial charge is 0.353 e. The number of benzene rings is 1. The molecule has 6 heterocycles. The van der Waals surface area contributed by atoms with Crippen molar-refractivity contribution >= 4 is 22.4 Å². The van der Waals surface area contributed by atoms with Crippen LogP contribution < -0.4 is 5.32 Å². The zero-order chi connectivity index (χ0) is 27.1. The minimum atomic E-state index is -0.258. The first-order chi connectivity index (χ1) is 19.6. The number of aromatic nitrogens is 5. The van der Waals surface area contributed by atoms with Gasteiger partial charge in [0.05, 0.1) is 22.6 Å². The van der Waals surface area contributed by atoms with Crippen LogP contribution in [0.5, 0.6) is 0 Å². The quantitative estimate of drug-likeness (QED) is 0.266. The molecule has 0 unspecified atom stereocenters. The summed E-state index contributed by atoms with van der Waals surface area (Å²) in [6, 6.07) is 14.7. The number of aromatic amines is 1. The molecule has 5 aromatic rings. The molecule has 2 N–H and O–H groups in total. The monoisotopic (exact) mass is 531 g/mol. The molecule has 1 fully saturated rings. The van der Waals surface area contributed by atoms with E-state index in [1.165, 1.54) is 37.0 Å². The third kappa shape index (κ3) is 4.64. The average Bonchev–Trinajstić information content (AvgIpc) is 3.41. The third-order valence-electron chi connectivity index (χ3n) is 7.89. The molecule has 0 spiro atoms. The van der Waals surface area contributed by atoms with Gasteiger partial charge in [-0.1, -0.05) is 6.42 Å². The number of hydrogen-bond acceptors (Lipinski definition) is 6. The average molecular weight is 532 g/mol. The third-order valence-corrected chi connectivity index (χ3v) is 7.89. The number of halogens is 1. The first kappa shape index (κ1) is 24.6. The summed E-state index contributed by atoms with van der Waals surface area (Å²) in [5.41, 5.74) is 11.5. The maximum atomic E-state index is 13.5. The summed E-state index contributed by atoms with van der Waals surface area (Å²) >= 11 is 0. The number of allylic oxidation sites excluding steroid dienone is 1. The number of nitrogens with zero attached hydrogens (tertiary/aromatic N) is 5. The maximum Gasteiger partial charge on any atom is 0.135 e. The molecule has 7 rings (SSSR count). The van der Waals surface area contributed by atoms with Crippen molar-refractivity contribution in [3.8, 4) is 22.5 Å². The smallest absolute Gasteiger partial charge is 0.135 e. The number of rotatable bonds is 5. The van der Waals surface area contributed by atoms with Gasteiger partial charge in [0.2, 0.25) is 0 Å². The van der Waals surface area contributed by atoms with Crippen LogP contribution in [0.15, 0.2) is 72.7 Å². The lowest BCUT2D eigenvalue weighted by atomic mass is 9.93. The van der Waals surface area contributed by atoms with Crippen LogP contribution in [0, 0.1) is 5.82 Å². The number of H-pyrrole nitrogens is 1. The van der Waals surface area contributed by atoms with E-state index in [1.54, 1.807) is 18.3 Å². The van der Waals surface area contributed by atoms with Gasteiger partial charge in [-0.3, -0.25) is 20.0 Å². The Labute approximate surface area is 232 Å². The van der Waals surface area contributed by atoms with E-state index in [-0.39, 0.29) is 5.82 Å². The van der Waals surface area contributed by atoms with Crippen LogP contribution in [-0.2, 0) is 13.0 Å². The summed E-state index contributed by atoms with van der Waals surface area (Å²) in [4.78, 5) is 16.7. The van der Waals surface area contributed by atoms with Gasteiger partial charge >= 0.3 is 0 Å². The molecule has 0 radical (unpaired) electrons. The van der Waals surface area contributed by atoms with Crippen molar-refractivity contribution in [1.82, 2.24) is 30.0 Å². The molecule has 4 aromatic heterocycles. The molecule has 0 bridgehead atoms. The number of pyridine rings is 3. The van der Waals surface area contributed by atoms with Crippen LogP contribution in [0.4, 0.5) is 10.1 Å². The lowest BCUT2D eigenvalue weighted by Gasteiger charge is -2.26. The second-order valence-corrected chi connectivity index (χ2v) is 10.7. The zero-order valence-electron chi connectivity index (χ0n) is 22.4.